The maximum atomic E-state index is 5.82. The van der Waals surface area contributed by atoms with Crippen molar-refractivity contribution >= 4 is 23.7 Å². The van der Waals surface area contributed by atoms with Crippen molar-refractivity contribution in [3.8, 4) is 0 Å². The number of nitrogen functional groups attached to an aromatic ring is 1. The Morgan fingerprint density at radius 1 is 1.15 bits per heavy atom. The van der Waals surface area contributed by atoms with Crippen LogP contribution in [0.1, 0.15) is 32.1 Å². The first-order valence-corrected chi connectivity index (χ1v) is 8.31. The van der Waals surface area contributed by atoms with Crippen LogP contribution in [0.4, 0.5) is 11.9 Å². The van der Waals surface area contributed by atoms with Crippen LogP contribution in [0.5, 0.6) is 0 Å². The fraction of sp³-hybridized carbons (Fsp3) is 0.769. The Morgan fingerprint density at radius 2 is 2.00 bits per heavy atom. The quantitative estimate of drug-likeness (QED) is 0.847. The van der Waals surface area contributed by atoms with Crippen molar-refractivity contribution in [2.45, 2.75) is 43.4 Å². The summed E-state index contributed by atoms with van der Waals surface area (Å²) < 4.78 is 5.62. The van der Waals surface area contributed by atoms with Crippen LogP contribution in [-0.4, -0.2) is 46.5 Å². The third-order valence-corrected chi connectivity index (χ3v) is 4.66. The molecule has 0 aromatic carbocycles. The lowest BCUT2D eigenvalue weighted by Crippen LogP contribution is -2.31. The molecule has 1 atom stereocenters. The summed E-state index contributed by atoms with van der Waals surface area (Å²) in [6.45, 7) is 2.90. The number of rotatable bonds is 4. The number of hydrogen-bond donors (Lipinski definition) is 1. The largest absolute Gasteiger partial charge is 0.377 e. The molecule has 3 rings (SSSR count). The third-order valence-electron chi connectivity index (χ3n) is 3.68. The van der Waals surface area contributed by atoms with Crippen molar-refractivity contribution in [3.05, 3.63) is 0 Å². The minimum absolute atomic E-state index is 0.315. The summed E-state index contributed by atoms with van der Waals surface area (Å²) in [5.41, 5.74) is 5.82. The molecule has 0 radical (unpaired) electrons. The summed E-state index contributed by atoms with van der Waals surface area (Å²) in [5.74, 6) is 1.94. The molecule has 1 unspecified atom stereocenters. The highest BCUT2D eigenvalue weighted by molar-refractivity contribution is 7.99. The van der Waals surface area contributed by atoms with Crippen LogP contribution < -0.4 is 10.6 Å². The van der Waals surface area contributed by atoms with E-state index >= 15 is 0 Å². The van der Waals surface area contributed by atoms with E-state index in [1.165, 1.54) is 19.3 Å². The molecule has 2 fully saturated rings. The Labute approximate surface area is 123 Å². The van der Waals surface area contributed by atoms with Crippen LogP contribution in [0.2, 0.25) is 0 Å². The molecule has 3 heterocycles. The average Bonchev–Trinajstić information content (AvgIpc) is 2.99. The number of ether oxygens (including phenoxy) is 1. The zero-order valence-electron chi connectivity index (χ0n) is 11.6. The van der Waals surface area contributed by atoms with E-state index in [0.717, 1.165) is 44.2 Å². The Morgan fingerprint density at radius 3 is 2.75 bits per heavy atom. The molecule has 0 saturated carbocycles. The molecule has 2 aliphatic heterocycles. The van der Waals surface area contributed by atoms with Gasteiger partial charge in [-0.3, -0.25) is 0 Å². The van der Waals surface area contributed by atoms with Crippen molar-refractivity contribution < 1.29 is 4.74 Å². The van der Waals surface area contributed by atoms with Gasteiger partial charge in [0.1, 0.15) is 0 Å². The molecule has 2 N–H and O–H groups in total. The molecule has 6 nitrogen and oxygen atoms in total. The Hall–Kier alpha value is -1.08. The maximum Gasteiger partial charge on any atom is 0.231 e. The molecular weight excluding hydrogens is 274 g/mol. The summed E-state index contributed by atoms with van der Waals surface area (Å²) in [7, 11) is 0. The van der Waals surface area contributed by atoms with Crippen LogP contribution in [0.15, 0.2) is 5.16 Å². The lowest BCUT2D eigenvalue weighted by atomic mass is 10.1. The highest BCUT2D eigenvalue weighted by Crippen LogP contribution is 2.24. The second kappa shape index (κ2) is 6.58. The van der Waals surface area contributed by atoms with Gasteiger partial charge < -0.3 is 15.4 Å². The summed E-state index contributed by atoms with van der Waals surface area (Å²) in [5, 5.41) is 0.716. The number of nitrogens with zero attached hydrogens (tertiary/aromatic N) is 4. The number of thioether (sulfide) groups is 1. The average molecular weight is 295 g/mol. The predicted octanol–water partition coefficient (Wildman–Crippen LogP) is 1.72. The number of aromatic nitrogens is 3. The number of hydrogen-bond acceptors (Lipinski definition) is 7. The first-order valence-electron chi connectivity index (χ1n) is 7.32. The van der Waals surface area contributed by atoms with E-state index in [1.807, 2.05) is 0 Å². The van der Waals surface area contributed by atoms with Gasteiger partial charge in [0.2, 0.25) is 11.9 Å². The molecule has 20 heavy (non-hydrogen) atoms. The molecular formula is C13H21N5OS. The molecule has 2 aliphatic rings. The number of anilines is 2. The summed E-state index contributed by atoms with van der Waals surface area (Å²) in [6.07, 6.45) is 6.30. The second-order valence-corrected chi connectivity index (χ2v) is 6.26. The Bertz CT molecular complexity index is 446. The predicted molar refractivity (Wildman–Crippen MR) is 80.0 cm³/mol. The van der Waals surface area contributed by atoms with E-state index < -0.39 is 0 Å². The molecule has 110 valence electrons. The van der Waals surface area contributed by atoms with Crippen molar-refractivity contribution in [3.63, 3.8) is 0 Å². The fourth-order valence-electron chi connectivity index (χ4n) is 2.60. The van der Waals surface area contributed by atoms with Gasteiger partial charge in [-0.15, -0.1) is 0 Å². The van der Waals surface area contributed by atoms with Gasteiger partial charge in [-0.25, -0.2) is 0 Å². The van der Waals surface area contributed by atoms with Gasteiger partial charge in [0, 0.05) is 25.4 Å². The topological polar surface area (TPSA) is 77.2 Å². The van der Waals surface area contributed by atoms with E-state index in [4.69, 9.17) is 10.5 Å². The molecule has 0 spiro atoms. The molecule has 2 saturated heterocycles. The molecule has 0 aliphatic carbocycles. The second-order valence-electron chi connectivity index (χ2n) is 5.27. The van der Waals surface area contributed by atoms with Crippen molar-refractivity contribution in [2.24, 2.45) is 0 Å². The van der Waals surface area contributed by atoms with Crippen LogP contribution >= 0.6 is 11.8 Å². The highest BCUT2D eigenvalue weighted by atomic mass is 32.2. The van der Waals surface area contributed by atoms with Crippen molar-refractivity contribution in [1.29, 1.82) is 0 Å². The van der Waals surface area contributed by atoms with Gasteiger partial charge in [0.25, 0.3) is 0 Å². The first-order chi connectivity index (χ1) is 9.81. The van der Waals surface area contributed by atoms with Crippen LogP contribution in [0.3, 0.4) is 0 Å². The number of nitrogens with two attached hydrogens (primary N) is 1. The fourth-order valence-corrected chi connectivity index (χ4v) is 3.51. The normalized spacial score (nSPS) is 23.2. The van der Waals surface area contributed by atoms with E-state index in [2.05, 4.69) is 19.9 Å². The van der Waals surface area contributed by atoms with Crippen LogP contribution in [0.25, 0.3) is 0 Å². The van der Waals surface area contributed by atoms with Gasteiger partial charge in [0.15, 0.2) is 5.16 Å². The lowest BCUT2D eigenvalue weighted by Gasteiger charge is -2.26. The monoisotopic (exact) mass is 295 g/mol. The zero-order chi connectivity index (χ0) is 13.8. The van der Waals surface area contributed by atoms with Gasteiger partial charge in [-0.05, 0) is 32.1 Å². The lowest BCUT2D eigenvalue weighted by molar-refractivity contribution is 0.129. The van der Waals surface area contributed by atoms with E-state index in [0.29, 0.717) is 17.2 Å². The van der Waals surface area contributed by atoms with Gasteiger partial charge >= 0.3 is 0 Å². The Balaban J connectivity index is 1.65. The first kappa shape index (κ1) is 13.9. The summed E-state index contributed by atoms with van der Waals surface area (Å²) >= 11 is 1.62. The smallest absolute Gasteiger partial charge is 0.231 e. The van der Waals surface area contributed by atoms with Gasteiger partial charge in [0.05, 0.1) is 6.10 Å². The molecule has 1 aromatic rings. The van der Waals surface area contributed by atoms with Crippen LogP contribution in [0, 0.1) is 0 Å². The SMILES string of the molecule is Nc1nc(SCC2CCCO2)nc(N2CCCCC2)n1. The third kappa shape index (κ3) is 3.52. The van der Waals surface area contributed by atoms with Crippen molar-refractivity contribution in [2.75, 3.05) is 36.1 Å². The molecule has 7 heteroatoms. The minimum atomic E-state index is 0.315. The van der Waals surface area contributed by atoms with E-state index in [9.17, 15) is 0 Å². The molecule has 0 bridgehead atoms. The van der Waals surface area contributed by atoms with Gasteiger partial charge in [-0.2, -0.15) is 15.0 Å². The van der Waals surface area contributed by atoms with Crippen LogP contribution in [-0.2, 0) is 4.74 Å². The summed E-state index contributed by atoms with van der Waals surface area (Å²) in [6, 6.07) is 0. The van der Waals surface area contributed by atoms with Gasteiger partial charge in [-0.1, -0.05) is 11.8 Å². The minimum Gasteiger partial charge on any atom is -0.377 e. The van der Waals surface area contributed by atoms with E-state index in [1.54, 1.807) is 11.8 Å². The highest BCUT2D eigenvalue weighted by Gasteiger charge is 2.18. The van der Waals surface area contributed by atoms with E-state index in [-0.39, 0.29) is 0 Å². The standard InChI is InChI=1S/C13H21N5OS/c14-11-15-12(18-6-2-1-3-7-18)17-13(16-11)20-9-10-5-4-8-19-10/h10H,1-9H2,(H2,14,15,16,17). The summed E-state index contributed by atoms with van der Waals surface area (Å²) in [4.78, 5) is 15.3. The molecule has 1 aromatic heterocycles. The maximum absolute atomic E-state index is 5.82. The zero-order valence-corrected chi connectivity index (χ0v) is 12.4. The molecule has 0 amide bonds. The van der Waals surface area contributed by atoms with Crippen molar-refractivity contribution in [1.82, 2.24) is 15.0 Å². The Kier molecular flexibility index (Phi) is 4.57. The number of piperidine rings is 1.